The number of hydrogen-bond acceptors (Lipinski definition) is 4. The van der Waals surface area contributed by atoms with Crippen molar-refractivity contribution in [2.45, 2.75) is 39.8 Å². The maximum Gasteiger partial charge on any atom is 0.168 e. The van der Waals surface area contributed by atoms with E-state index in [1.807, 2.05) is 28.9 Å². The second kappa shape index (κ2) is 7.00. The maximum atomic E-state index is 6.27. The molecule has 1 heterocycles. The quantitative estimate of drug-likeness (QED) is 0.890. The lowest BCUT2D eigenvalue weighted by molar-refractivity contribution is 0.440. The number of halogens is 1. The van der Waals surface area contributed by atoms with Gasteiger partial charge in [-0.2, -0.15) is 0 Å². The number of tetrazole rings is 1. The summed E-state index contributed by atoms with van der Waals surface area (Å²) < 4.78 is 1.83. The van der Waals surface area contributed by atoms with Gasteiger partial charge in [-0.25, -0.2) is 4.68 Å². The lowest BCUT2D eigenvalue weighted by Crippen LogP contribution is -2.27. The van der Waals surface area contributed by atoms with Gasteiger partial charge in [-0.05, 0) is 48.4 Å². The smallest absolute Gasteiger partial charge is 0.168 e. The first-order valence-electron chi connectivity index (χ1n) is 7.26. The molecule has 0 saturated heterocycles. The van der Waals surface area contributed by atoms with Gasteiger partial charge in [0.1, 0.15) is 0 Å². The number of nitrogens with one attached hydrogen (secondary N) is 1. The van der Waals surface area contributed by atoms with Crippen LogP contribution in [0.3, 0.4) is 0 Å². The first kappa shape index (κ1) is 15.9. The molecule has 2 rings (SSSR count). The second-order valence-corrected chi connectivity index (χ2v) is 6.11. The molecule has 0 saturated carbocycles. The Morgan fingerprint density at radius 1 is 1.19 bits per heavy atom. The van der Waals surface area contributed by atoms with Crippen molar-refractivity contribution >= 4 is 11.6 Å². The summed E-state index contributed by atoms with van der Waals surface area (Å²) in [6.45, 7) is 9.40. The number of rotatable bonds is 6. The van der Waals surface area contributed by atoms with Crippen LogP contribution in [-0.4, -0.2) is 26.8 Å². The highest BCUT2D eigenvalue weighted by Crippen LogP contribution is 2.26. The molecule has 0 spiro atoms. The first-order chi connectivity index (χ1) is 10.0. The van der Waals surface area contributed by atoms with E-state index < -0.39 is 0 Å². The fraction of sp³-hybridized carbons (Fsp3) is 0.533. The van der Waals surface area contributed by atoms with E-state index >= 15 is 0 Å². The summed E-state index contributed by atoms with van der Waals surface area (Å²) in [7, 11) is 0. The average Bonchev–Trinajstić information content (AvgIpc) is 2.94. The Bertz CT molecular complexity index is 581. The predicted octanol–water partition coefficient (Wildman–Crippen LogP) is 3.24. The second-order valence-electron chi connectivity index (χ2n) is 5.70. The van der Waals surface area contributed by atoms with Crippen LogP contribution < -0.4 is 5.32 Å². The molecule has 1 aromatic heterocycles. The van der Waals surface area contributed by atoms with Gasteiger partial charge < -0.3 is 5.32 Å². The molecule has 6 heteroatoms. The lowest BCUT2D eigenvalue weighted by atomic mass is 10.1. The number of nitrogens with zero attached hydrogens (tertiary/aromatic N) is 4. The molecule has 2 unspecified atom stereocenters. The maximum absolute atomic E-state index is 6.27. The number of hydrogen-bond donors (Lipinski definition) is 1. The largest absolute Gasteiger partial charge is 0.307 e. The summed E-state index contributed by atoms with van der Waals surface area (Å²) in [6, 6.07) is 7.87. The van der Waals surface area contributed by atoms with Crippen LogP contribution in [0.2, 0.25) is 5.02 Å². The van der Waals surface area contributed by atoms with E-state index in [-0.39, 0.29) is 12.1 Å². The summed E-state index contributed by atoms with van der Waals surface area (Å²) in [6.07, 6.45) is 0. The molecule has 2 aromatic rings. The third kappa shape index (κ3) is 3.80. The van der Waals surface area contributed by atoms with Gasteiger partial charge in [-0.1, -0.05) is 43.6 Å². The summed E-state index contributed by atoms with van der Waals surface area (Å²) in [4.78, 5) is 0. The van der Waals surface area contributed by atoms with Crippen LogP contribution in [0.4, 0.5) is 0 Å². The van der Waals surface area contributed by atoms with Gasteiger partial charge >= 0.3 is 0 Å². The normalized spacial score (nSPS) is 14.4. The Morgan fingerprint density at radius 3 is 2.57 bits per heavy atom. The molecule has 0 aliphatic heterocycles. The first-order valence-corrected chi connectivity index (χ1v) is 7.64. The summed E-state index contributed by atoms with van der Waals surface area (Å²) in [5.41, 5.74) is 1.02. The van der Waals surface area contributed by atoms with Gasteiger partial charge in [0.15, 0.2) is 5.82 Å². The minimum atomic E-state index is -0.00741. The van der Waals surface area contributed by atoms with Crippen molar-refractivity contribution in [3.05, 3.63) is 40.7 Å². The zero-order valence-electron chi connectivity index (χ0n) is 12.9. The minimum Gasteiger partial charge on any atom is -0.307 e. The minimum absolute atomic E-state index is 0.00741. The van der Waals surface area contributed by atoms with Crippen molar-refractivity contribution in [3.63, 3.8) is 0 Å². The fourth-order valence-corrected chi connectivity index (χ4v) is 2.50. The zero-order chi connectivity index (χ0) is 15.4. The van der Waals surface area contributed by atoms with Gasteiger partial charge in [-0.15, -0.1) is 5.10 Å². The molecule has 0 bridgehead atoms. The highest BCUT2D eigenvalue weighted by atomic mass is 35.5. The van der Waals surface area contributed by atoms with E-state index in [1.54, 1.807) is 0 Å². The van der Waals surface area contributed by atoms with Crippen LogP contribution >= 0.6 is 11.6 Å². The Balaban J connectivity index is 2.22. The molecule has 0 fully saturated rings. The number of benzene rings is 1. The van der Waals surface area contributed by atoms with Gasteiger partial charge in [-0.3, -0.25) is 0 Å². The van der Waals surface area contributed by atoms with E-state index in [2.05, 4.69) is 48.5 Å². The third-order valence-corrected chi connectivity index (χ3v) is 3.80. The topological polar surface area (TPSA) is 55.6 Å². The van der Waals surface area contributed by atoms with E-state index in [0.717, 1.165) is 23.0 Å². The third-order valence-electron chi connectivity index (χ3n) is 3.46. The molecule has 1 aromatic carbocycles. The number of aromatic nitrogens is 4. The standard InChI is InChI=1S/C15H22ClN5/c1-10(2)9-17-11(3)15-18-19-20-21(15)12(4)13-7-5-6-8-14(13)16/h5-8,10-12,17H,9H2,1-4H3. The van der Waals surface area contributed by atoms with Crippen molar-refractivity contribution in [2.24, 2.45) is 5.92 Å². The van der Waals surface area contributed by atoms with E-state index in [4.69, 9.17) is 11.6 Å². The Kier molecular flexibility index (Phi) is 5.31. The molecule has 0 amide bonds. The molecule has 0 radical (unpaired) electrons. The van der Waals surface area contributed by atoms with Crippen molar-refractivity contribution in [2.75, 3.05) is 6.54 Å². The van der Waals surface area contributed by atoms with Crippen LogP contribution in [0.15, 0.2) is 24.3 Å². The van der Waals surface area contributed by atoms with E-state index in [0.29, 0.717) is 5.92 Å². The highest BCUT2D eigenvalue weighted by Gasteiger charge is 2.20. The molecule has 5 nitrogen and oxygen atoms in total. The van der Waals surface area contributed by atoms with Crippen molar-refractivity contribution in [1.82, 2.24) is 25.5 Å². The van der Waals surface area contributed by atoms with Crippen molar-refractivity contribution in [1.29, 1.82) is 0 Å². The van der Waals surface area contributed by atoms with Crippen LogP contribution in [0.5, 0.6) is 0 Å². The van der Waals surface area contributed by atoms with Gasteiger partial charge in [0.25, 0.3) is 0 Å². The van der Waals surface area contributed by atoms with Crippen molar-refractivity contribution in [3.8, 4) is 0 Å². The van der Waals surface area contributed by atoms with Crippen LogP contribution in [-0.2, 0) is 0 Å². The Morgan fingerprint density at radius 2 is 1.90 bits per heavy atom. The molecule has 0 aliphatic rings. The molecular weight excluding hydrogens is 286 g/mol. The summed E-state index contributed by atoms with van der Waals surface area (Å²) >= 11 is 6.27. The van der Waals surface area contributed by atoms with Crippen LogP contribution in [0, 0.1) is 5.92 Å². The summed E-state index contributed by atoms with van der Waals surface area (Å²) in [5.74, 6) is 1.40. The Labute approximate surface area is 130 Å². The SMILES string of the molecule is CC(C)CNC(C)c1nnnn1C(C)c1ccccc1Cl. The van der Waals surface area contributed by atoms with E-state index in [1.165, 1.54) is 0 Å². The van der Waals surface area contributed by atoms with Crippen LogP contribution in [0.1, 0.15) is 51.2 Å². The predicted molar refractivity (Wildman–Crippen MR) is 84.3 cm³/mol. The lowest BCUT2D eigenvalue weighted by Gasteiger charge is -2.19. The average molecular weight is 308 g/mol. The molecule has 2 atom stereocenters. The van der Waals surface area contributed by atoms with Gasteiger partial charge in [0, 0.05) is 5.02 Å². The van der Waals surface area contributed by atoms with Gasteiger partial charge in [0.2, 0.25) is 0 Å². The molecule has 21 heavy (non-hydrogen) atoms. The van der Waals surface area contributed by atoms with Crippen molar-refractivity contribution < 1.29 is 0 Å². The molecule has 114 valence electrons. The molecule has 1 N–H and O–H groups in total. The monoisotopic (exact) mass is 307 g/mol. The fourth-order valence-electron chi connectivity index (χ4n) is 2.21. The molecule has 0 aliphatic carbocycles. The van der Waals surface area contributed by atoms with Crippen LogP contribution in [0.25, 0.3) is 0 Å². The highest BCUT2D eigenvalue weighted by molar-refractivity contribution is 6.31. The van der Waals surface area contributed by atoms with Gasteiger partial charge in [0.05, 0.1) is 12.1 Å². The molecular formula is C15H22ClN5. The Hall–Kier alpha value is -1.46. The summed E-state index contributed by atoms with van der Waals surface area (Å²) in [5, 5.41) is 16.3. The van der Waals surface area contributed by atoms with E-state index in [9.17, 15) is 0 Å². The zero-order valence-corrected chi connectivity index (χ0v) is 13.7.